The van der Waals surface area contributed by atoms with Crippen LogP contribution in [0.1, 0.15) is 33.1 Å². The fourth-order valence-electron chi connectivity index (χ4n) is 1.73. The van der Waals surface area contributed by atoms with Crippen molar-refractivity contribution >= 4 is 0 Å². The molecule has 1 atom stereocenters. The van der Waals surface area contributed by atoms with Crippen molar-refractivity contribution in [3.63, 3.8) is 0 Å². The number of nitrogens with zero attached hydrogens (tertiary/aromatic N) is 1. The van der Waals surface area contributed by atoms with Gasteiger partial charge in [0.05, 0.1) is 0 Å². The maximum absolute atomic E-state index is 12.4. The van der Waals surface area contributed by atoms with Crippen LogP contribution < -0.4 is 0 Å². The molecule has 1 saturated heterocycles. The number of rotatable bonds is 5. The summed E-state index contributed by atoms with van der Waals surface area (Å²) in [5, 5.41) is 0. The van der Waals surface area contributed by atoms with Crippen molar-refractivity contribution in [3.8, 4) is 0 Å². The van der Waals surface area contributed by atoms with Crippen LogP contribution in [-0.2, 0) is 0 Å². The first-order valence-electron chi connectivity index (χ1n) is 5.08. The van der Waals surface area contributed by atoms with Gasteiger partial charge in [0.1, 0.15) is 6.17 Å². The van der Waals surface area contributed by atoms with E-state index in [1.807, 2.05) is 0 Å². The van der Waals surface area contributed by atoms with Crippen LogP contribution in [-0.4, -0.2) is 30.7 Å². The molecule has 0 N–H and O–H groups in total. The van der Waals surface area contributed by atoms with Gasteiger partial charge in [-0.1, -0.05) is 26.7 Å². The van der Waals surface area contributed by atoms with Crippen molar-refractivity contribution in [1.82, 2.24) is 4.90 Å². The van der Waals surface area contributed by atoms with E-state index < -0.39 is 6.17 Å². The maximum Gasteiger partial charge on any atom is 0.125 e. The van der Waals surface area contributed by atoms with Gasteiger partial charge in [0.15, 0.2) is 0 Å². The average molecular weight is 173 g/mol. The summed E-state index contributed by atoms with van der Waals surface area (Å²) in [5.74, 6) is 0.814. The minimum Gasteiger partial charge on any atom is -0.297 e. The molecule has 0 aromatic carbocycles. The van der Waals surface area contributed by atoms with Gasteiger partial charge < -0.3 is 0 Å². The first-order valence-corrected chi connectivity index (χ1v) is 5.08. The van der Waals surface area contributed by atoms with Crippen molar-refractivity contribution in [3.05, 3.63) is 0 Å². The van der Waals surface area contributed by atoms with Crippen molar-refractivity contribution in [2.24, 2.45) is 5.92 Å². The predicted octanol–water partition coefficient (Wildman–Crippen LogP) is 2.47. The molecule has 12 heavy (non-hydrogen) atoms. The van der Waals surface area contributed by atoms with Gasteiger partial charge in [-0.2, -0.15) is 0 Å². The van der Waals surface area contributed by atoms with Gasteiger partial charge in [0.2, 0.25) is 0 Å². The predicted molar refractivity (Wildman–Crippen MR) is 50.0 cm³/mol. The highest BCUT2D eigenvalue weighted by Gasteiger charge is 2.25. The third kappa shape index (κ3) is 3.10. The van der Waals surface area contributed by atoms with Gasteiger partial charge in [-0.3, -0.25) is 4.90 Å². The highest BCUT2D eigenvalue weighted by Crippen LogP contribution is 2.15. The zero-order valence-corrected chi connectivity index (χ0v) is 8.22. The van der Waals surface area contributed by atoms with Gasteiger partial charge in [-0.05, 0) is 18.9 Å². The molecule has 1 rings (SSSR count). The Labute approximate surface area is 74.9 Å². The van der Waals surface area contributed by atoms with Gasteiger partial charge in [0.25, 0.3) is 0 Å². The van der Waals surface area contributed by atoms with E-state index >= 15 is 0 Å². The minimum atomic E-state index is -0.536. The fraction of sp³-hybridized carbons (Fsp3) is 1.00. The molecule has 0 saturated carbocycles. The Balaban J connectivity index is 1.95. The van der Waals surface area contributed by atoms with E-state index in [9.17, 15) is 4.39 Å². The number of likely N-dealkylation sites (tertiary alicyclic amines) is 1. The molecule has 0 aromatic heterocycles. The van der Waals surface area contributed by atoms with Crippen LogP contribution in [0.2, 0.25) is 0 Å². The maximum atomic E-state index is 12.4. The van der Waals surface area contributed by atoms with Gasteiger partial charge in [-0.25, -0.2) is 4.39 Å². The van der Waals surface area contributed by atoms with Crippen molar-refractivity contribution in [2.75, 3.05) is 19.6 Å². The normalized spacial score (nSPS) is 22.2. The van der Waals surface area contributed by atoms with Gasteiger partial charge in [-0.15, -0.1) is 0 Å². The Morgan fingerprint density at radius 3 is 2.58 bits per heavy atom. The standard InChI is InChI=1S/C10H20FN/c1-3-4-9(2)5-6-12-7-10(11)8-12/h9-10H,3-8H2,1-2H3. The van der Waals surface area contributed by atoms with E-state index in [-0.39, 0.29) is 0 Å². The highest BCUT2D eigenvalue weighted by atomic mass is 19.1. The van der Waals surface area contributed by atoms with E-state index in [2.05, 4.69) is 18.7 Å². The van der Waals surface area contributed by atoms with Crippen LogP contribution in [0.4, 0.5) is 4.39 Å². The third-order valence-electron chi connectivity index (χ3n) is 2.63. The van der Waals surface area contributed by atoms with Crippen molar-refractivity contribution < 1.29 is 4.39 Å². The number of halogens is 1. The molecule has 0 aromatic rings. The second-order valence-corrected chi connectivity index (χ2v) is 4.04. The van der Waals surface area contributed by atoms with E-state index in [0.29, 0.717) is 13.1 Å². The highest BCUT2D eigenvalue weighted by molar-refractivity contribution is 4.79. The van der Waals surface area contributed by atoms with Crippen molar-refractivity contribution in [2.45, 2.75) is 39.3 Å². The summed E-state index contributed by atoms with van der Waals surface area (Å²) in [7, 11) is 0. The summed E-state index contributed by atoms with van der Waals surface area (Å²) in [4.78, 5) is 2.21. The summed E-state index contributed by atoms with van der Waals surface area (Å²) in [5.41, 5.74) is 0. The van der Waals surface area contributed by atoms with Gasteiger partial charge in [0, 0.05) is 13.1 Å². The molecule has 1 aliphatic rings. The number of hydrogen-bond donors (Lipinski definition) is 0. The summed E-state index contributed by atoms with van der Waals surface area (Å²) >= 11 is 0. The quantitative estimate of drug-likeness (QED) is 0.617. The SMILES string of the molecule is CCCC(C)CCN1CC(F)C1. The van der Waals surface area contributed by atoms with E-state index in [1.54, 1.807) is 0 Å². The van der Waals surface area contributed by atoms with Crippen LogP contribution in [0.15, 0.2) is 0 Å². The molecule has 72 valence electrons. The van der Waals surface area contributed by atoms with E-state index in [1.165, 1.54) is 19.3 Å². The zero-order valence-electron chi connectivity index (χ0n) is 8.22. The molecule has 1 aliphatic heterocycles. The Morgan fingerprint density at radius 1 is 1.42 bits per heavy atom. The molecule has 0 radical (unpaired) electrons. The first kappa shape index (κ1) is 9.97. The topological polar surface area (TPSA) is 3.24 Å². The van der Waals surface area contributed by atoms with E-state index in [0.717, 1.165) is 12.5 Å². The molecule has 2 heteroatoms. The van der Waals surface area contributed by atoms with E-state index in [4.69, 9.17) is 0 Å². The monoisotopic (exact) mass is 173 g/mol. The molecule has 1 fully saturated rings. The molecule has 0 amide bonds. The Morgan fingerprint density at radius 2 is 2.08 bits per heavy atom. The Bertz CT molecular complexity index is 116. The number of hydrogen-bond acceptors (Lipinski definition) is 1. The molecular weight excluding hydrogens is 153 g/mol. The van der Waals surface area contributed by atoms with Crippen LogP contribution in [0.25, 0.3) is 0 Å². The first-order chi connectivity index (χ1) is 5.72. The smallest absolute Gasteiger partial charge is 0.125 e. The largest absolute Gasteiger partial charge is 0.297 e. The Kier molecular flexibility index (Phi) is 3.99. The second kappa shape index (κ2) is 4.80. The zero-order chi connectivity index (χ0) is 8.97. The number of alkyl halides is 1. The summed E-state index contributed by atoms with van der Waals surface area (Å²) in [6.07, 6.45) is 3.28. The lowest BCUT2D eigenvalue weighted by atomic mass is 10.0. The summed E-state index contributed by atoms with van der Waals surface area (Å²) < 4.78 is 12.4. The molecule has 1 unspecified atom stereocenters. The molecule has 0 bridgehead atoms. The van der Waals surface area contributed by atoms with Gasteiger partial charge >= 0.3 is 0 Å². The molecular formula is C10H20FN. The third-order valence-corrected chi connectivity index (χ3v) is 2.63. The molecule has 1 heterocycles. The lowest BCUT2D eigenvalue weighted by Gasteiger charge is -2.34. The minimum absolute atomic E-state index is 0.536. The average Bonchev–Trinajstić information content (AvgIpc) is 1.96. The van der Waals surface area contributed by atoms with Crippen molar-refractivity contribution in [1.29, 1.82) is 0 Å². The summed E-state index contributed by atoms with van der Waals surface area (Å²) in [6.45, 7) is 6.97. The van der Waals surface area contributed by atoms with Crippen LogP contribution >= 0.6 is 0 Å². The molecule has 1 nitrogen and oxygen atoms in total. The molecule has 0 aliphatic carbocycles. The molecule has 0 spiro atoms. The lowest BCUT2D eigenvalue weighted by molar-refractivity contribution is 0.0609. The summed E-state index contributed by atoms with van der Waals surface area (Å²) in [6, 6.07) is 0. The van der Waals surface area contributed by atoms with Crippen LogP contribution in [0, 0.1) is 5.92 Å². The van der Waals surface area contributed by atoms with Crippen LogP contribution in [0.5, 0.6) is 0 Å². The lowest BCUT2D eigenvalue weighted by Crippen LogP contribution is -2.48. The Hall–Kier alpha value is -0.110. The fourth-order valence-corrected chi connectivity index (χ4v) is 1.73. The second-order valence-electron chi connectivity index (χ2n) is 4.04. The van der Waals surface area contributed by atoms with Crippen LogP contribution in [0.3, 0.4) is 0 Å².